The van der Waals surface area contributed by atoms with E-state index >= 15 is 0 Å². The molecule has 31 heavy (non-hydrogen) atoms. The normalized spacial score (nSPS) is 19.1. The van der Waals surface area contributed by atoms with Crippen molar-refractivity contribution in [3.05, 3.63) is 54.1 Å². The molecule has 1 aliphatic rings. The summed E-state index contributed by atoms with van der Waals surface area (Å²) in [6, 6.07) is 3.74. The summed E-state index contributed by atoms with van der Waals surface area (Å²) in [6.45, 7) is 2.80. The summed E-state index contributed by atoms with van der Waals surface area (Å²) >= 11 is 0. The topological polar surface area (TPSA) is 82.9 Å². The number of halogens is 3. The Hall–Kier alpha value is -3.40. The van der Waals surface area contributed by atoms with Gasteiger partial charge in [-0.25, -0.2) is 28.1 Å². The molecule has 5 rings (SSSR count). The largest absolute Gasteiger partial charge is 0.361 e. The van der Waals surface area contributed by atoms with Crippen LogP contribution in [0.1, 0.15) is 12.1 Å². The van der Waals surface area contributed by atoms with Gasteiger partial charge >= 0.3 is 0 Å². The molecule has 10 heteroatoms. The highest BCUT2D eigenvalue weighted by atomic mass is 19.1. The number of anilines is 1. The van der Waals surface area contributed by atoms with Crippen molar-refractivity contribution in [2.75, 3.05) is 18.4 Å². The minimum absolute atomic E-state index is 0.0721. The molecule has 3 N–H and O–H groups in total. The van der Waals surface area contributed by atoms with Gasteiger partial charge in [0.05, 0.1) is 17.9 Å². The number of aromatic amines is 1. The molecule has 1 aliphatic heterocycles. The Labute approximate surface area is 175 Å². The molecule has 1 saturated heterocycles. The molecule has 160 valence electrons. The van der Waals surface area contributed by atoms with Crippen LogP contribution < -0.4 is 10.6 Å². The van der Waals surface area contributed by atoms with E-state index in [1.54, 1.807) is 16.8 Å². The second kappa shape index (κ2) is 7.69. The molecule has 4 aromatic rings. The first-order valence-corrected chi connectivity index (χ1v) is 9.96. The third-order valence-electron chi connectivity index (χ3n) is 5.38. The zero-order valence-electron chi connectivity index (χ0n) is 16.7. The fourth-order valence-corrected chi connectivity index (χ4v) is 3.75. The van der Waals surface area contributed by atoms with Crippen LogP contribution in [-0.4, -0.2) is 49.6 Å². The Balaban J connectivity index is 1.52. The van der Waals surface area contributed by atoms with E-state index < -0.39 is 23.8 Å². The van der Waals surface area contributed by atoms with E-state index in [4.69, 9.17) is 0 Å². The van der Waals surface area contributed by atoms with Crippen molar-refractivity contribution in [1.29, 1.82) is 0 Å². The molecule has 7 nitrogen and oxygen atoms in total. The molecule has 4 aromatic heterocycles. The number of nitrogens with one attached hydrogen (secondary N) is 3. The fourth-order valence-electron chi connectivity index (χ4n) is 3.75. The summed E-state index contributed by atoms with van der Waals surface area (Å²) in [5.41, 5.74) is 2.60. The number of rotatable bonds is 4. The quantitative estimate of drug-likeness (QED) is 0.465. The third-order valence-corrected chi connectivity index (χ3v) is 5.38. The zero-order valence-corrected chi connectivity index (χ0v) is 16.7. The smallest absolute Gasteiger partial charge is 0.168 e. The van der Waals surface area contributed by atoms with E-state index in [1.807, 2.05) is 19.1 Å². The van der Waals surface area contributed by atoms with Gasteiger partial charge < -0.3 is 15.6 Å². The van der Waals surface area contributed by atoms with Gasteiger partial charge in [-0.05, 0) is 32.0 Å². The average Bonchev–Trinajstić information content (AvgIpc) is 3.37. The van der Waals surface area contributed by atoms with E-state index in [0.29, 0.717) is 36.7 Å². The molecular weight excluding hydrogens is 407 g/mol. The number of nitrogens with zero attached hydrogens (tertiary/aromatic N) is 4. The molecule has 2 unspecified atom stereocenters. The minimum Gasteiger partial charge on any atom is -0.361 e. The summed E-state index contributed by atoms with van der Waals surface area (Å²) in [5.74, 6) is -1.19. The third kappa shape index (κ3) is 3.63. The lowest BCUT2D eigenvalue weighted by Gasteiger charge is -2.28. The Bertz CT molecular complexity index is 1250. The van der Waals surface area contributed by atoms with Crippen molar-refractivity contribution < 1.29 is 13.2 Å². The molecule has 2 atom stereocenters. The predicted molar refractivity (Wildman–Crippen MR) is 110 cm³/mol. The molecule has 0 aliphatic carbocycles. The first kappa shape index (κ1) is 19.6. The van der Waals surface area contributed by atoms with Gasteiger partial charge in [-0.1, -0.05) is 0 Å². The average molecular weight is 427 g/mol. The van der Waals surface area contributed by atoms with E-state index in [-0.39, 0.29) is 11.5 Å². The Kier molecular flexibility index (Phi) is 4.85. The highest BCUT2D eigenvalue weighted by Gasteiger charge is 2.26. The van der Waals surface area contributed by atoms with Gasteiger partial charge in [-0.15, -0.1) is 0 Å². The fraction of sp³-hybridized carbons (Fsp3) is 0.286. The van der Waals surface area contributed by atoms with E-state index in [0.717, 1.165) is 17.3 Å². The summed E-state index contributed by atoms with van der Waals surface area (Å²) in [4.78, 5) is 15.9. The van der Waals surface area contributed by atoms with Crippen LogP contribution in [0.4, 0.5) is 19.0 Å². The monoisotopic (exact) mass is 427 g/mol. The number of hydrogen-bond acceptors (Lipinski definition) is 5. The van der Waals surface area contributed by atoms with Crippen LogP contribution in [0.5, 0.6) is 0 Å². The number of aryl methyl sites for hydroxylation is 1. The molecule has 1 fully saturated rings. The number of alkyl halides is 1. The Morgan fingerprint density at radius 2 is 2.03 bits per heavy atom. The van der Waals surface area contributed by atoms with Crippen molar-refractivity contribution in [3.63, 3.8) is 0 Å². The minimum atomic E-state index is -1.14. The number of hydrogen-bond donors (Lipinski definition) is 3. The highest BCUT2D eigenvalue weighted by Crippen LogP contribution is 2.28. The predicted octanol–water partition coefficient (Wildman–Crippen LogP) is 3.48. The molecule has 0 radical (unpaired) electrons. The maximum atomic E-state index is 14.7. The lowest BCUT2D eigenvalue weighted by Crippen LogP contribution is -2.46. The SMILES string of the molecule is Cc1cnc(-c2ccn3c(-c4nc(NC5CNCCC5F)c(F)cc4F)cnc3c2)[nH]1. The van der Waals surface area contributed by atoms with Crippen LogP contribution in [0, 0.1) is 18.6 Å². The molecule has 0 saturated carbocycles. The van der Waals surface area contributed by atoms with Crippen LogP contribution in [0.25, 0.3) is 28.4 Å². The van der Waals surface area contributed by atoms with E-state index in [1.165, 1.54) is 6.20 Å². The lowest BCUT2D eigenvalue weighted by molar-refractivity contribution is 0.240. The van der Waals surface area contributed by atoms with Crippen molar-refractivity contribution >= 4 is 11.5 Å². The van der Waals surface area contributed by atoms with Gasteiger partial charge in [0.2, 0.25) is 0 Å². The Morgan fingerprint density at radius 1 is 1.16 bits per heavy atom. The van der Waals surface area contributed by atoms with Crippen LogP contribution >= 0.6 is 0 Å². The van der Waals surface area contributed by atoms with Crippen LogP contribution in [0.2, 0.25) is 0 Å². The van der Waals surface area contributed by atoms with Crippen molar-refractivity contribution in [2.45, 2.75) is 25.6 Å². The zero-order chi connectivity index (χ0) is 21.5. The van der Waals surface area contributed by atoms with E-state index in [2.05, 4.69) is 30.6 Å². The second-order valence-electron chi connectivity index (χ2n) is 7.61. The van der Waals surface area contributed by atoms with Crippen LogP contribution in [-0.2, 0) is 0 Å². The van der Waals surface area contributed by atoms with Gasteiger partial charge in [0.1, 0.15) is 23.3 Å². The summed E-state index contributed by atoms with van der Waals surface area (Å²) in [7, 11) is 0. The first-order valence-electron chi connectivity index (χ1n) is 9.96. The first-order chi connectivity index (χ1) is 15.0. The lowest BCUT2D eigenvalue weighted by atomic mass is 10.1. The van der Waals surface area contributed by atoms with Crippen molar-refractivity contribution in [1.82, 2.24) is 29.7 Å². The number of aromatic nitrogens is 5. The molecule has 0 spiro atoms. The number of H-pyrrole nitrogens is 1. The molecule has 0 aromatic carbocycles. The standard InChI is InChI=1S/C21H20F3N7/c1-11-8-27-20(28-11)12-3-5-31-17(10-26-18(31)6-12)19-14(23)7-15(24)21(30-19)29-16-9-25-4-2-13(16)22/h3,5-8,10,13,16,25H,2,4,9H2,1H3,(H,27,28)(H,29,30). The summed E-state index contributed by atoms with van der Waals surface area (Å²) in [6.07, 6.45) is 4.10. The van der Waals surface area contributed by atoms with E-state index in [9.17, 15) is 13.2 Å². The molecule has 0 bridgehead atoms. The number of imidazole rings is 2. The van der Waals surface area contributed by atoms with Gasteiger partial charge in [-0.3, -0.25) is 4.40 Å². The van der Waals surface area contributed by atoms with Gasteiger partial charge in [0.15, 0.2) is 17.5 Å². The maximum Gasteiger partial charge on any atom is 0.168 e. The van der Waals surface area contributed by atoms with Crippen molar-refractivity contribution in [3.8, 4) is 22.8 Å². The van der Waals surface area contributed by atoms with Gasteiger partial charge in [0.25, 0.3) is 0 Å². The Morgan fingerprint density at radius 3 is 2.81 bits per heavy atom. The van der Waals surface area contributed by atoms with Gasteiger partial charge in [-0.2, -0.15) is 0 Å². The molecular formula is C21H20F3N7. The number of pyridine rings is 2. The second-order valence-corrected chi connectivity index (χ2v) is 7.61. The molecule has 0 amide bonds. The van der Waals surface area contributed by atoms with Crippen LogP contribution in [0.3, 0.4) is 0 Å². The highest BCUT2D eigenvalue weighted by molar-refractivity contribution is 5.67. The molecule has 5 heterocycles. The van der Waals surface area contributed by atoms with Crippen LogP contribution in [0.15, 0.2) is 36.8 Å². The van der Waals surface area contributed by atoms with Gasteiger partial charge in [0, 0.05) is 36.3 Å². The van der Waals surface area contributed by atoms with Crippen molar-refractivity contribution in [2.24, 2.45) is 0 Å². The number of piperidine rings is 1. The number of fused-ring (bicyclic) bond motifs is 1. The summed E-state index contributed by atoms with van der Waals surface area (Å²) < 4.78 is 44.8. The maximum absolute atomic E-state index is 14.7. The summed E-state index contributed by atoms with van der Waals surface area (Å²) in [5, 5.41) is 5.83.